The van der Waals surface area contributed by atoms with Crippen LogP contribution in [-0.2, 0) is 13.1 Å². The zero-order valence-electron chi connectivity index (χ0n) is 12.3. The molecule has 0 spiro atoms. The van der Waals surface area contributed by atoms with Gasteiger partial charge in [0, 0.05) is 25.0 Å². The molecular weight excluding hydrogens is 222 g/mol. The van der Waals surface area contributed by atoms with Crippen molar-refractivity contribution in [1.29, 1.82) is 0 Å². The summed E-state index contributed by atoms with van der Waals surface area (Å²) >= 11 is 0. The van der Waals surface area contributed by atoms with Gasteiger partial charge in [0.05, 0.1) is 0 Å². The maximum absolute atomic E-state index is 3.54. The van der Waals surface area contributed by atoms with Gasteiger partial charge in [-0.3, -0.25) is 0 Å². The van der Waals surface area contributed by atoms with Gasteiger partial charge in [0.25, 0.3) is 0 Å². The van der Waals surface area contributed by atoms with Crippen molar-refractivity contribution in [2.45, 2.75) is 46.7 Å². The molecule has 0 aliphatic heterocycles. The van der Waals surface area contributed by atoms with Gasteiger partial charge in [-0.15, -0.1) is 0 Å². The van der Waals surface area contributed by atoms with Crippen LogP contribution >= 0.6 is 0 Å². The van der Waals surface area contributed by atoms with Crippen LogP contribution in [-0.4, -0.2) is 35.6 Å². The van der Waals surface area contributed by atoms with Gasteiger partial charge in [-0.25, -0.2) is 0 Å². The first-order valence-corrected chi connectivity index (χ1v) is 7.38. The number of rotatable bonds is 10. The van der Waals surface area contributed by atoms with Crippen LogP contribution in [0, 0.1) is 0 Å². The van der Waals surface area contributed by atoms with Crippen LogP contribution in [0.25, 0.3) is 0 Å². The van der Waals surface area contributed by atoms with Crippen molar-refractivity contribution in [2.75, 3.05) is 26.2 Å². The summed E-state index contributed by atoms with van der Waals surface area (Å²) in [4.78, 5) is 2.47. The second-order valence-electron chi connectivity index (χ2n) is 4.75. The Morgan fingerprint density at radius 1 is 1.22 bits per heavy atom. The van der Waals surface area contributed by atoms with E-state index in [-0.39, 0.29) is 0 Å². The van der Waals surface area contributed by atoms with Gasteiger partial charge in [-0.05, 0) is 51.2 Å². The summed E-state index contributed by atoms with van der Waals surface area (Å²) in [6, 6.07) is 4.36. The van der Waals surface area contributed by atoms with Gasteiger partial charge in [-0.1, -0.05) is 20.8 Å². The highest BCUT2D eigenvalue weighted by molar-refractivity contribution is 5.06. The number of aryl methyl sites for hydroxylation is 1. The average Bonchev–Trinajstić information content (AvgIpc) is 2.82. The molecule has 0 bridgehead atoms. The molecule has 0 aromatic carbocycles. The van der Waals surface area contributed by atoms with Gasteiger partial charge in [0.2, 0.25) is 0 Å². The first-order chi connectivity index (χ1) is 8.81. The fourth-order valence-corrected chi connectivity index (χ4v) is 2.25. The van der Waals surface area contributed by atoms with E-state index in [1.807, 2.05) is 0 Å². The molecule has 1 heterocycles. The number of nitrogens with zero attached hydrogens (tertiary/aromatic N) is 2. The second-order valence-corrected chi connectivity index (χ2v) is 4.75. The average molecular weight is 251 g/mol. The maximum atomic E-state index is 3.54. The highest BCUT2D eigenvalue weighted by atomic mass is 15.1. The lowest BCUT2D eigenvalue weighted by atomic mass is 10.3. The normalized spacial score (nSPS) is 11.3. The number of hydrogen-bond acceptors (Lipinski definition) is 2. The summed E-state index contributed by atoms with van der Waals surface area (Å²) < 4.78 is 2.34. The summed E-state index contributed by atoms with van der Waals surface area (Å²) in [6.07, 6.45) is 4.61. The molecule has 104 valence electrons. The third-order valence-corrected chi connectivity index (χ3v) is 3.42. The molecule has 0 saturated carbocycles. The van der Waals surface area contributed by atoms with E-state index in [4.69, 9.17) is 0 Å². The lowest BCUT2D eigenvalue weighted by Crippen LogP contribution is -2.27. The molecule has 3 heteroatoms. The molecule has 1 rings (SSSR count). The number of nitrogens with one attached hydrogen (secondary N) is 1. The molecule has 0 unspecified atom stereocenters. The Bertz CT molecular complexity index is 302. The molecule has 0 saturated heterocycles. The molecule has 1 aromatic heterocycles. The molecule has 0 aliphatic carbocycles. The Balaban J connectivity index is 2.15. The monoisotopic (exact) mass is 251 g/mol. The Labute approximate surface area is 112 Å². The predicted molar refractivity (Wildman–Crippen MR) is 78.8 cm³/mol. The van der Waals surface area contributed by atoms with E-state index in [1.165, 1.54) is 25.1 Å². The fourth-order valence-electron chi connectivity index (χ4n) is 2.25. The first-order valence-electron chi connectivity index (χ1n) is 7.38. The summed E-state index contributed by atoms with van der Waals surface area (Å²) in [5, 5.41) is 3.54. The lowest BCUT2D eigenvalue weighted by Gasteiger charge is -2.17. The minimum atomic E-state index is 0.991. The van der Waals surface area contributed by atoms with Crippen LogP contribution in [0.15, 0.2) is 18.3 Å². The molecule has 0 radical (unpaired) electrons. The topological polar surface area (TPSA) is 20.2 Å². The predicted octanol–water partition coefficient (Wildman–Crippen LogP) is 2.72. The Hall–Kier alpha value is -0.800. The Kier molecular flexibility index (Phi) is 7.78. The first kappa shape index (κ1) is 15.3. The largest absolute Gasteiger partial charge is 0.350 e. The third kappa shape index (κ3) is 5.23. The van der Waals surface area contributed by atoms with Gasteiger partial charge in [0.1, 0.15) is 0 Å². The summed E-state index contributed by atoms with van der Waals surface area (Å²) in [7, 11) is 0. The molecule has 0 aliphatic rings. The van der Waals surface area contributed by atoms with Crippen LogP contribution in [0.1, 0.15) is 39.3 Å². The van der Waals surface area contributed by atoms with E-state index in [1.54, 1.807) is 0 Å². The number of hydrogen-bond donors (Lipinski definition) is 1. The van der Waals surface area contributed by atoms with Crippen molar-refractivity contribution in [3.8, 4) is 0 Å². The Morgan fingerprint density at radius 2 is 2.00 bits per heavy atom. The standard InChI is InChI=1S/C15H29N3/c1-4-11-18-13-7-9-15(18)14-16-10-8-12-17(5-2)6-3/h7,9,13,16H,4-6,8,10-12,14H2,1-3H3. The lowest BCUT2D eigenvalue weighted by molar-refractivity contribution is 0.297. The van der Waals surface area contributed by atoms with Crippen LogP contribution in [0.2, 0.25) is 0 Å². The molecule has 0 atom stereocenters. The summed E-state index contributed by atoms with van der Waals surface area (Å²) in [6.45, 7) is 13.4. The Morgan fingerprint density at radius 3 is 2.67 bits per heavy atom. The summed E-state index contributed by atoms with van der Waals surface area (Å²) in [5.74, 6) is 0. The smallest absolute Gasteiger partial charge is 0.0359 e. The van der Waals surface area contributed by atoms with E-state index in [9.17, 15) is 0 Å². The van der Waals surface area contributed by atoms with Crippen molar-refractivity contribution < 1.29 is 0 Å². The van der Waals surface area contributed by atoms with E-state index in [0.717, 1.165) is 32.7 Å². The van der Waals surface area contributed by atoms with Crippen LogP contribution in [0.5, 0.6) is 0 Å². The molecule has 0 amide bonds. The summed E-state index contributed by atoms with van der Waals surface area (Å²) in [5.41, 5.74) is 1.40. The molecule has 18 heavy (non-hydrogen) atoms. The van der Waals surface area contributed by atoms with E-state index < -0.39 is 0 Å². The minimum absolute atomic E-state index is 0.991. The molecule has 1 aromatic rings. The van der Waals surface area contributed by atoms with E-state index >= 15 is 0 Å². The zero-order valence-corrected chi connectivity index (χ0v) is 12.3. The SMILES string of the molecule is CCCn1cccc1CNCCCN(CC)CC. The van der Waals surface area contributed by atoms with Crippen molar-refractivity contribution in [3.63, 3.8) is 0 Å². The molecule has 0 fully saturated rings. The van der Waals surface area contributed by atoms with Crippen LogP contribution < -0.4 is 5.32 Å². The van der Waals surface area contributed by atoms with Gasteiger partial charge in [0.15, 0.2) is 0 Å². The minimum Gasteiger partial charge on any atom is -0.350 e. The van der Waals surface area contributed by atoms with E-state index in [2.05, 4.69) is 53.9 Å². The van der Waals surface area contributed by atoms with Crippen molar-refractivity contribution in [3.05, 3.63) is 24.0 Å². The van der Waals surface area contributed by atoms with Crippen LogP contribution in [0.3, 0.4) is 0 Å². The molecule has 1 N–H and O–H groups in total. The zero-order chi connectivity index (χ0) is 13.2. The van der Waals surface area contributed by atoms with Gasteiger partial charge < -0.3 is 14.8 Å². The van der Waals surface area contributed by atoms with Crippen molar-refractivity contribution >= 4 is 0 Å². The van der Waals surface area contributed by atoms with Gasteiger partial charge in [-0.2, -0.15) is 0 Å². The van der Waals surface area contributed by atoms with Gasteiger partial charge >= 0.3 is 0 Å². The highest BCUT2D eigenvalue weighted by Gasteiger charge is 2.00. The van der Waals surface area contributed by atoms with Crippen molar-refractivity contribution in [1.82, 2.24) is 14.8 Å². The van der Waals surface area contributed by atoms with E-state index in [0.29, 0.717) is 0 Å². The number of aromatic nitrogens is 1. The quantitative estimate of drug-likeness (QED) is 0.645. The molecule has 3 nitrogen and oxygen atoms in total. The third-order valence-electron chi connectivity index (χ3n) is 3.42. The molecular formula is C15H29N3. The maximum Gasteiger partial charge on any atom is 0.0359 e. The van der Waals surface area contributed by atoms with Crippen LogP contribution in [0.4, 0.5) is 0 Å². The van der Waals surface area contributed by atoms with Crippen molar-refractivity contribution in [2.24, 2.45) is 0 Å². The highest BCUT2D eigenvalue weighted by Crippen LogP contribution is 2.03. The second kappa shape index (κ2) is 9.17. The fraction of sp³-hybridized carbons (Fsp3) is 0.733.